The summed E-state index contributed by atoms with van der Waals surface area (Å²) in [6, 6.07) is 0. The molecule has 1 amide bonds. The molecule has 0 aliphatic rings. The van der Waals surface area contributed by atoms with E-state index in [4.69, 9.17) is 0 Å². The van der Waals surface area contributed by atoms with Crippen LogP contribution in [0.5, 0.6) is 0 Å². The summed E-state index contributed by atoms with van der Waals surface area (Å²) in [6.07, 6.45) is 2.68. The molecule has 1 radical (unpaired) electrons. The Bertz CT molecular complexity index is 65.4. The van der Waals surface area contributed by atoms with E-state index in [2.05, 4.69) is 5.43 Å². The van der Waals surface area contributed by atoms with Gasteiger partial charge in [-0.1, -0.05) is 6.92 Å². The molecule has 3 nitrogen and oxygen atoms in total. The molecule has 0 aromatic heterocycles. The van der Waals surface area contributed by atoms with Crippen molar-refractivity contribution < 1.29 is 4.79 Å². The fraction of sp³-hybridized carbons (Fsp3) is 0.800. The summed E-state index contributed by atoms with van der Waals surface area (Å²) in [4.78, 5) is 9.86. The molecule has 0 fully saturated rings. The number of hydrogen-bond donors (Lipinski definition) is 1. The lowest BCUT2D eigenvalue weighted by atomic mass is 10.5. The van der Waals surface area contributed by atoms with Crippen molar-refractivity contribution in [2.45, 2.75) is 13.3 Å². The minimum absolute atomic E-state index is 0.722. The van der Waals surface area contributed by atoms with Gasteiger partial charge in [-0.15, -0.1) is 0 Å². The average Bonchev–Trinajstić information content (AvgIpc) is 1.83. The monoisotopic (exact) mass is 115 g/mol. The molecule has 0 spiro atoms. The fourth-order valence-corrected chi connectivity index (χ4v) is 0.427. The number of amides is 1. The van der Waals surface area contributed by atoms with Gasteiger partial charge >= 0.3 is 6.41 Å². The highest BCUT2D eigenvalue weighted by molar-refractivity contribution is 5.46. The van der Waals surface area contributed by atoms with Crippen LogP contribution in [0.4, 0.5) is 0 Å². The molecule has 0 aromatic rings. The van der Waals surface area contributed by atoms with Crippen LogP contribution in [0.2, 0.25) is 0 Å². The van der Waals surface area contributed by atoms with Crippen LogP contribution in [0.3, 0.4) is 0 Å². The van der Waals surface area contributed by atoms with Crippen molar-refractivity contribution in [1.29, 1.82) is 0 Å². The van der Waals surface area contributed by atoms with Crippen LogP contribution >= 0.6 is 0 Å². The lowest BCUT2D eigenvalue weighted by Crippen LogP contribution is -2.33. The van der Waals surface area contributed by atoms with Crippen LogP contribution in [-0.2, 0) is 4.79 Å². The summed E-state index contributed by atoms with van der Waals surface area (Å²) in [5.41, 5.74) is 2.66. The smallest absolute Gasteiger partial charge is 0.270 e. The van der Waals surface area contributed by atoms with E-state index in [0.29, 0.717) is 0 Å². The Hall–Kier alpha value is -0.570. The molecule has 8 heavy (non-hydrogen) atoms. The van der Waals surface area contributed by atoms with E-state index in [0.717, 1.165) is 13.0 Å². The summed E-state index contributed by atoms with van der Waals surface area (Å²) in [5, 5.41) is 1.38. The maximum Gasteiger partial charge on any atom is 0.327 e. The van der Waals surface area contributed by atoms with Crippen molar-refractivity contribution in [2.24, 2.45) is 0 Å². The molecular formula is C5H11N2O. The first-order valence-corrected chi connectivity index (χ1v) is 2.67. The molecule has 3 heteroatoms. The van der Waals surface area contributed by atoms with Crippen molar-refractivity contribution >= 4 is 6.41 Å². The van der Waals surface area contributed by atoms with Crippen LogP contribution < -0.4 is 5.43 Å². The third-order valence-corrected chi connectivity index (χ3v) is 0.827. The SMILES string of the molecule is CCCN([C]=O)NC. The molecule has 0 aliphatic carbocycles. The fourth-order valence-electron chi connectivity index (χ4n) is 0.427. The first kappa shape index (κ1) is 7.43. The Balaban J connectivity index is 3.21. The first-order chi connectivity index (χ1) is 3.85. The molecule has 0 saturated heterocycles. The molecule has 0 rings (SSSR count). The van der Waals surface area contributed by atoms with Gasteiger partial charge in [0.15, 0.2) is 0 Å². The van der Waals surface area contributed by atoms with E-state index < -0.39 is 0 Å². The van der Waals surface area contributed by atoms with Crippen LogP contribution in [0.25, 0.3) is 0 Å². The van der Waals surface area contributed by atoms with E-state index in [1.54, 1.807) is 13.5 Å². The van der Waals surface area contributed by atoms with Crippen LogP contribution in [0.15, 0.2) is 0 Å². The molecule has 0 unspecified atom stereocenters. The topological polar surface area (TPSA) is 32.3 Å². The number of nitrogens with one attached hydrogen (secondary N) is 1. The van der Waals surface area contributed by atoms with Crippen molar-refractivity contribution in [1.82, 2.24) is 10.4 Å². The predicted octanol–water partition coefficient (Wildman–Crippen LogP) is -0.100. The zero-order chi connectivity index (χ0) is 6.41. The van der Waals surface area contributed by atoms with Gasteiger partial charge in [0, 0.05) is 13.6 Å². The normalized spacial score (nSPS) is 8.75. The predicted molar refractivity (Wildman–Crippen MR) is 31.8 cm³/mol. The zero-order valence-corrected chi connectivity index (χ0v) is 5.27. The molecule has 0 bridgehead atoms. The highest BCUT2D eigenvalue weighted by atomic mass is 16.1. The van der Waals surface area contributed by atoms with E-state index in [-0.39, 0.29) is 0 Å². The van der Waals surface area contributed by atoms with Gasteiger partial charge < -0.3 is 0 Å². The largest absolute Gasteiger partial charge is 0.327 e. The van der Waals surface area contributed by atoms with Crippen molar-refractivity contribution in [3.63, 3.8) is 0 Å². The van der Waals surface area contributed by atoms with E-state index >= 15 is 0 Å². The van der Waals surface area contributed by atoms with Gasteiger partial charge in [0.2, 0.25) is 0 Å². The van der Waals surface area contributed by atoms with E-state index in [1.807, 2.05) is 6.92 Å². The lowest BCUT2D eigenvalue weighted by molar-refractivity contribution is 0.315. The summed E-state index contributed by atoms with van der Waals surface area (Å²) in [7, 11) is 1.70. The van der Waals surface area contributed by atoms with E-state index in [1.165, 1.54) is 5.01 Å². The zero-order valence-electron chi connectivity index (χ0n) is 5.27. The molecular weight excluding hydrogens is 104 g/mol. The number of hydrazine groups is 1. The summed E-state index contributed by atoms with van der Waals surface area (Å²) in [6.45, 7) is 2.72. The number of nitrogens with zero attached hydrogens (tertiary/aromatic N) is 1. The Morgan fingerprint density at radius 2 is 2.38 bits per heavy atom. The standard InChI is InChI=1S/C5H11N2O/c1-3-4-7(5-8)6-2/h6H,3-4H2,1-2H3. The van der Waals surface area contributed by atoms with Gasteiger partial charge in [-0.2, -0.15) is 0 Å². The van der Waals surface area contributed by atoms with Crippen molar-refractivity contribution in [3.05, 3.63) is 0 Å². The van der Waals surface area contributed by atoms with Crippen LogP contribution in [0, 0.1) is 0 Å². The van der Waals surface area contributed by atoms with Gasteiger partial charge in [0.05, 0.1) is 0 Å². The Labute approximate surface area is 49.6 Å². The second kappa shape index (κ2) is 4.59. The van der Waals surface area contributed by atoms with Gasteiger partial charge in [0.25, 0.3) is 0 Å². The van der Waals surface area contributed by atoms with E-state index in [9.17, 15) is 4.79 Å². The van der Waals surface area contributed by atoms with Gasteiger partial charge in [-0.05, 0) is 6.42 Å². The number of carbonyl (C=O) groups excluding carboxylic acids is 1. The number of hydrogen-bond acceptors (Lipinski definition) is 2. The van der Waals surface area contributed by atoms with Gasteiger partial charge in [-0.25, -0.2) is 5.43 Å². The summed E-state index contributed by atoms with van der Waals surface area (Å²) >= 11 is 0. The third-order valence-electron chi connectivity index (χ3n) is 0.827. The van der Waals surface area contributed by atoms with Crippen LogP contribution in [0.1, 0.15) is 13.3 Å². The highest BCUT2D eigenvalue weighted by Gasteiger charge is 1.92. The quantitative estimate of drug-likeness (QED) is 0.410. The molecule has 47 valence electrons. The second-order valence-corrected chi connectivity index (χ2v) is 1.47. The molecule has 0 heterocycles. The molecule has 0 aromatic carbocycles. The third kappa shape index (κ3) is 2.58. The van der Waals surface area contributed by atoms with Gasteiger partial charge in [0.1, 0.15) is 0 Å². The first-order valence-electron chi connectivity index (χ1n) is 2.67. The molecule has 1 N–H and O–H groups in total. The summed E-state index contributed by atoms with van der Waals surface area (Å²) in [5.74, 6) is 0. The maximum absolute atomic E-state index is 9.86. The Kier molecular flexibility index (Phi) is 4.26. The molecule has 0 atom stereocenters. The second-order valence-electron chi connectivity index (χ2n) is 1.47. The number of rotatable bonds is 4. The van der Waals surface area contributed by atoms with Gasteiger partial charge in [-0.3, -0.25) is 9.80 Å². The van der Waals surface area contributed by atoms with Crippen molar-refractivity contribution in [3.8, 4) is 0 Å². The minimum atomic E-state index is 0.722. The minimum Gasteiger partial charge on any atom is -0.270 e. The Morgan fingerprint density at radius 1 is 1.75 bits per heavy atom. The molecule has 0 aliphatic heterocycles. The summed E-state index contributed by atoms with van der Waals surface area (Å²) < 4.78 is 0. The van der Waals surface area contributed by atoms with Crippen LogP contribution in [-0.4, -0.2) is 25.0 Å². The van der Waals surface area contributed by atoms with Crippen molar-refractivity contribution in [2.75, 3.05) is 13.6 Å². The highest BCUT2D eigenvalue weighted by Crippen LogP contribution is 1.77. The average molecular weight is 115 g/mol. The Morgan fingerprint density at radius 3 is 2.50 bits per heavy atom. The lowest BCUT2D eigenvalue weighted by Gasteiger charge is -2.11. The maximum atomic E-state index is 9.86. The molecule has 0 saturated carbocycles.